The van der Waals surface area contributed by atoms with Gasteiger partial charge in [-0.25, -0.2) is 0 Å². The number of fused-ring (bicyclic) bond motifs is 4. The summed E-state index contributed by atoms with van der Waals surface area (Å²) in [5, 5.41) is 0. The van der Waals surface area contributed by atoms with Gasteiger partial charge in [0.2, 0.25) is 0 Å². The third-order valence-electron chi connectivity index (χ3n) is 7.85. The number of ether oxygens (including phenoxy) is 1. The van der Waals surface area contributed by atoms with Crippen LogP contribution in [-0.4, -0.2) is 44.4 Å². The van der Waals surface area contributed by atoms with E-state index in [2.05, 4.69) is 4.90 Å². The average molecular weight is 487 g/mol. The molecule has 0 amide bonds. The maximum atomic E-state index is 13.8. The lowest BCUT2D eigenvalue weighted by atomic mass is 9.56. The molecule has 1 saturated carbocycles. The number of methoxy groups -OCH3 is 1. The van der Waals surface area contributed by atoms with Gasteiger partial charge in [-0.15, -0.1) is 0 Å². The standard InChI is InChI=1S/C27H29F3N2O3/c1-25(2)14-23(33)26(24(34)15-25)13-17-12-18(27(28,29)30)4-9-21(17)32-11-10-31(16-22(26)32)19-5-7-20(35-3)8-6-19/h4-9,12,22H,10-11,13-16H2,1-3H3/t22-/m0/s1. The topological polar surface area (TPSA) is 49.9 Å². The summed E-state index contributed by atoms with van der Waals surface area (Å²) in [6.45, 7) is 5.35. The lowest BCUT2D eigenvalue weighted by Crippen LogP contribution is -2.69. The number of benzene rings is 2. The quantitative estimate of drug-likeness (QED) is 0.565. The van der Waals surface area contributed by atoms with Crippen LogP contribution in [0.5, 0.6) is 5.75 Å². The predicted octanol–water partition coefficient (Wildman–Crippen LogP) is 4.91. The van der Waals surface area contributed by atoms with Crippen LogP contribution in [0.25, 0.3) is 0 Å². The number of ketones is 2. The van der Waals surface area contributed by atoms with Crippen LogP contribution in [0.1, 0.15) is 37.8 Å². The Labute approximate surface area is 202 Å². The van der Waals surface area contributed by atoms with E-state index in [4.69, 9.17) is 4.74 Å². The van der Waals surface area contributed by atoms with Gasteiger partial charge >= 0.3 is 6.18 Å². The number of Topliss-reactive ketones (excluding diaryl/α,β-unsaturated/α-hetero) is 2. The second-order valence-corrected chi connectivity index (χ2v) is 10.7. The van der Waals surface area contributed by atoms with Crippen molar-refractivity contribution in [3.63, 3.8) is 0 Å². The first-order valence-electron chi connectivity index (χ1n) is 11.9. The van der Waals surface area contributed by atoms with Gasteiger partial charge in [0.1, 0.15) is 22.7 Å². The highest BCUT2D eigenvalue weighted by atomic mass is 19.4. The van der Waals surface area contributed by atoms with Gasteiger partial charge in [0.25, 0.3) is 0 Å². The molecule has 1 spiro atoms. The Bertz CT molecular complexity index is 1150. The van der Waals surface area contributed by atoms with E-state index in [1.807, 2.05) is 43.0 Å². The Morgan fingerprint density at radius 2 is 1.60 bits per heavy atom. The molecule has 3 aliphatic rings. The van der Waals surface area contributed by atoms with Gasteiger partial charge in [0.15, 0.2) is 0 Å². The Morgan fingerprint density at radius 1 is 0.943 bits per heavy atom. The van der Waals surface area contributed by atoms with Crippen molar-refractivity contribution < 1.29 is 27.5 Å². The molecule has 2 fully saturated rings. The van der Waals surface area contributed by atoms with Crippen molar-refractivity contribution in [1.29, 1.82) is 0 Å². The number of hydrogen-bond donors (Lipinski definition) is 0. The molecular weight excluding hydrogens is 457 g/mol. The summed E-state index contributed by atoms with van der Waals surface area (Å²) in [6, 6.07) is 10.9. The molecule has 2 aromatic rings. The summed E-state index contributed by atoms with van der Waals surface area (Å²) in [5.74, 6) is 0.414. The molecule has 1 aliphatic carbocycles. The fourth-order valence-electron chi connectivity index (χ4n) is 6.09. The number of rotatable bonds is 2. The van der Waals surface area contributed by atoms with Gasteiger partial charge in [-0.1, -0.05) is 13.8 Å². The molecule has 2 heterocycles. The number of nitrogens with zero attached hydrogens (tertiary/aromatic N) is 2. The summed E-state index contributed by atoms with van der Waals surface area (Å²) in [6.07, 6.45) is -4.01. The summed E-state index contributed by atoms with van der Waals surface area (Å²) in [7, 11) is 1.60. The summed E-state index contributed by atoms with van der Waals surface area (Å²) in [5.41, 5.74) is -0.489. The maximum Gasteiger partial charge on any atom is 0.416 e. The molecule has 1 saturated heterocycles. The summed E-state index contributed by atoms with van der Waals surface area (Å²) in [4.78, 5) is 31.7. The fraction of sp³-hybridized carbons (Fsp3) is 0.481. The normalized spacial score (nSPS) is 23.2. The van der Waals surface area contributed by atoms with Gasteiger partial charge in [-0.2, -0.15) is 13.2 Å². The van der Waals surface area contributed by atoms with E-state index >= 15 is 0 Å². The van der Waals surface area contributed by atoms with E-state index in [0.717, 1.165) is 23.6 Å². The van der Waals surface area contributed by atoms with Crippen molar-refractivity contribution in [3.05, 3.63) is 53.6 Å². The number of alkyl halides is 3. The second-order valence-electron chi connectivity index (χ2n) is 10.7. The van der Waals surface area contributed by atoms with E-state index in [0.29, 0.717) is 30.9 Å². The number of piperazine rings is 1. The van der Waals surface area contributed by atoms with Gasteiger partial charge in [0.05, 0.1) is 18.7 Å². The number of halogens is 3. The van der Waals surface area contributed by atoms with Crippen LogP contribution in [-0.2, 0) is 22.2 Å². The molecule has 0 aromatic heterocycles. The lowest BCUT2D eigenvalue weighted by Gasteiger charge is -2.56. The minimum absolute atomic E-state index is 0.0115. The summed E-state index contributed by atoms with van der Waals surface area (Å²) < 4.78 is 45.8. The molecule has 5 rings (SSSR count). The minimum Gasteiger partial charge on any atom is -0.497 e. The van der Waals surface area contributed by atoms with Crippen molar-refractivity contribution in [1.82, 2.24) is 0 Å². The molecule has 0 unspecified atom stereocenters. The van der Waals surface area contributed by atoms with Crippen LogP contribution in [0, 0.1) is 10.8 Å². The van der Waals surface area contributed by atoms with Crippen LogP contribution in [0.3, 0.4) is 0 Å². The first kappa shape index (κ1) is 23.7. The molecule has 0 radical (unpaired) electrons. The first-order valence-corrected chi connectivity index (χ1v) is 11.9. The van der Waals surface area contributed by atoms with Crippen molar-refractivity contribution in [2.75, 3.05) is 36.5 Å². The smallest absolute Gasteiger partial charge is 0.416 e. The largest absolute Gasteiger partial charge is 0.497 e. The van der Waals surface area contributed by atoms with Crippen LogP contribution in [0.2, 0.25) is 0 Å². The number of anilines is 2. The highest BCUT2D eigenvalue weighted by Crippen LogP contribution is 2.51. The highest BCUT2D eigenvalue weighted by Gasteiger charge is 2.60. The zero-order valence-corrected chi connectivity index (χ0v) is 20.1. The zero-order valence-electron chi connectivity index (χ0n) is 20.1. The molecular formula is C27H29F3N2O3. The van der Waals surface area contributed by atoms with Crippen LogP contribution in [0.15, 0.2) is 42.5 Å². The van der Waals surface area contributed by atoms with Crippen molar-refractivity contribution in [3.8, 4) is 5.75 Å². The number of carbonyl (C=O) groups excluding carboxylic acids is 2. The van der Waals surface area contributed by atoms with Crippen LogP contribution >= 0.6 is 0 Å². The Morgan fingerprint density at radius 3 is 2.20 bits per heavy atom. The molecule has 186 valence electrons. The van der Waals surface area contributed by atoms with E-state index in [1.165, 1.54) is 6.07 Å². The van der Waals surface area contributed by atoms with Crippen molar-refractivity contribution in [2.45, 2.75) is 45.3 Å². The molecule has 2 aliphatic heterocycles. The van der Waals surface area contributed by atoms with Crippen molar-refractivity contribution in [2.24, 2.45) is 10.8 Å². The monoisotopic (exact) mass is 486 g/mol. The summed E-state index contributed by atoms with van der Waals surface area (Å²) >= 11 is 0. The van der Waals surface area contributed by atoms with E-state index in [9.17, 15) is 22.8 Å². The number of hydrogen-bond acceptors (Lipinski definition) is 5. The SMILES string of the molecule is COc1ccc(N2CCN3c4ccc(C(F)(F)F)cc4CC4(C(=O)CC(C)(C)CC4=O)[C@@H]3C2)cc1. The van der Waals surface area contributed by atoms with Crippen LogP contribution < -0.4 is 14.5 Å². The molecule has 2 aromatic carbocycles. The fourth-order valence-corrected chi connectivity index (χ4v) is 6.09. The maximum absolute atomic E-state index is 13.8. The molecule has 35 heavy (non-hydrogen) atoms. The van der Waals surface area contributed by atoms with Crippen LogP contribution in [0.4, 0.5) is 24.5 Å². The van der Waals surface area contributed by atoms with Gasteiger partial charge < -0.3 is 14.5 Å². The minimum atomic E-state index is -4.49. The van der Waals surface area contributed by atoms with Gasteiger partial charge in [-0.3, -0.25) is 9.59 Å². The first-order chi connectivity index (χ1) is 16.4. The Kier molecular flexibility index (Phi) is 5.42. The lowest BCUT2D eigenvalue weighted by molar-refractivity contribution is -0.150. The molecule has 0 bridgehead atoms. The molecule has 1 atom stereocenters. The third-order valence-corrected chi connectivity index (χ3v) is 7.85. The molecule has 5 nitrogen and oxygen atoms in total. The van der Waals surface area contributed by atoms with E-state index < -0.39 is 28.6 Å². The zero-order chi connectivity index (χ0) is 25.2. The highest BCUT2D eigenvalue weighted by molar-refractivity contribution is 6.11. The second kappa shape index (κ2) is 8.00. The average Bonchev–Trinajstić information content (AvgIpc) is 2.80. The van der Waals surface area contributed by atoms with Gasteiger partial charge in [0, 0.05) is 43.9 Å². The number of carbonyl (C=O) groups is 2. The van der Waals surface area contributed by atoms with E-state index in [1.54, 1.807) is 7.11 Å². The molecule has 0 N–H and O–H groups in total. The predicted molar refractivity (Wildman–Crippen MR) is 127 cm³/mol. The third kappa shape index (κ3) is 3.87. The molecule has 8 heteroatoms. The Balaban J connectivity index is 1.59. The van der Waals surface area contributed by atoms with Gasteiger partial charge in [-0.05, 0) is 59.9 Å². The van der Waals surface area contributed by atoms with Crippen molar-refractivity contribution >= 4 is 22.9 Å². The van der Waals surface area contributed by atoms with E-state index in [-0.39, 0.29) is 30.8 Å². The Hall–Kier alpha value is -3.03.